The van der Waals surface area contributed by atoms with Crippen molar-refractivity contribution in [1.29, 1.82) is 0 Å². The number of anilines is 1. The predicted octanol–water partition coefficient (Wildman–Crippen LogP) is 1.00. The first-order valence-corrected chi connectivity index (χ1v) is 10.9. The van der Waals surface area contributed by atoms with Crippen molar-refractivity contribution in [3.8, 4) is 0 Å². The van der Waals surface area contributed by atoms with Crippen LogP contribution in [0.5, 0.6) is 0 Å². The van der Waals surface area contributed by atoms with Crippen LogP contribution < -0.4 is 15.9 Å². The summed E-state index contributed by atoms with van der Waals surface area (Å²) in [6, 6.07) is 12.3. The van der Waals surface area contributed by atoms with Crippen LogP contribution in [0.15, 0.2) is 53.5 Å². The van der Waals surface area contributed by atoms with Gasteiger partial charge in [-0.15, -0.1) is 5.10 Å². The maximum atomic E-state index is 13.2. The Bertz CT molecular complexity index is 1330. The number of hydrogen-bond acceptors (Lipinski definition) is 5. The summed E-state index contributed by atoms with van der Waals surface area (Å²) in [6.45, 7) is 2.37. The largest absolute Gasteiger partial charge is 0.354 e. The Hall–Kier alpha value is -3.95. The van der Waals surface area contributed by atoms with Crippen molar-refractivity contribution < 1.29 is 14.4 Å². The van der Waals surface area contributed by atoms with Crippen LogP contribution >= 0.6 is 0 Å². The number of carbonyl (C=O) groups excluding carboxylic acids is 3. The van der Waals surface area contributed by atoms with Crippen molar-refractivity contribution in [3.05, 3.63) is 64.7 Å². The van der Waals surface area contributed by atoms with Gasteiger partial charge < -0.3 is 10.2 Å². The molecule has 10 heteroatoms. The number of amides is 3. The fourth-order valence-electron chi connectivity index (χ4n) is 4.71. The highest BCUT2D eigenvalue weighted by molar-refractivity contribution is 6.11. The lowest BCUT2D eigenvalue weighted by atomic mass is 9.98. The van der Waals surface area contributed by atoms with E-state index in [0.717, 1.165) is 0 Å². The molecule has 0 aliphatic carbocycles. The maximum absolute atomic E-state index is 13.2. The summed E-state index contributed by atoms with van der Waals surface area (Å²) in [7, 11) is 0. The highest BCUT2D eigenvalue weighted by Gasteiger charge is 2.53. The summed E-state index contributed by atoms with van der Waals surface area (Å²) in [4.78, 5) is 54.0. The Labute approximate surface area is 189 Å². The molecule has 5 rings (SSSR count). The highest BCUT2D eigenvalue weighted by atomic mass is 16.2. The minimum Gasteiger partial charge on any atom is -0.354 e. The van der Waals surface area contributed by atoms with Crippen molar-refractivity contribution in [2.45, 2.75) is 38.4 Å². The first-order chi connectivity index (χ1) is 15.9. The first kappa shape index (κ1) is 20.9. The number of aryl methyl sites for hydroxylation is 1. The molecule has 33 heavy (non-hydrogen) atoms. The zero-order chi connectivity index (χ0) is 23.2. The second kappa shape index (κ2) is 7.88. The second-order valence-electron chi connectivity index (χ2n) is 8.49. The summed E-state index contributed by atoms with van der Waals surface area (Å²) < 4.78 is 2.84. The van der Waals surface area contributed by atoms with Crippen molar-refractivity contribution >= 4 is 29.1 Å². The highest BCUT2D eigenvalue weighted by Crippen LogP contribution is 2.43. The van der Waals surface area contributed by atoms with E-state index < -0.39 is 5.66 Å². The van der Waals surface area contributed by atoms with Gasteiger partial charge in [-0.1, -0.05) is 18.2 Å². The number of para-hydroxylation sites is 1. The van der Waals surface area contributed by atoms with Gasteiger partial charge in [0, 0.05) is 25.7 Å². The number of hydrogen-bond donors (Lipinski definition) is 1. The lowest BCUT2D eigenvalue weighted by Gasteiger charge is -2.48. The van der Waals surface area contributed by atoms with E-state index in [1.54, 1.807) is 47.5 Å². The average Bonchev–Trinajstić information content (AvgIpc) is 3.31. The topological polar surface area (TPSA) is 109 Å². The van der Waals surface area contributed by atoms with E-state index in [2.05, 4.69) is 10.4 Å². The van der Waals surface area contributed by atoms with Crippen LogP contribution in [0.1, 0.15) is 36.5 Å². The van der Waals surface area contributed by atoms with Crippen molar-refractivity contribution in [2.75, 3.05) is 18.0 Å². The predicted molar refractivity (Wildman–Crippen MR) is 120 cm³/mol. The van der Waals surface area contributed by atoms with Gasteiger partial charge in [0.15, 0.2) is 5.65 Å². The van der Waals surface area contributed by atoms with Crippen LogP contribution in [0.2, 0.25) is 0 Å². The third kappa shape index (κ3) is 3.38. The summed E-state index contributed by atoms with van der Waals surface area (Å²) in [6.07, 6.45) is 2.96. The lowest BCUT2D eigenvalue weighted by molar-refractivity contribution is -0.124. The van der Waals surface area contributed by atoms with Gasteiger partial charge in [0.25, 0.3) is 5.91 Å². The van der Waals surface area contributed by atoms with Crippen LogP contribution in [0.4, 0.5) is 5.69 Å². The molecule has 1 aromatic carbocycles. The number of pyridine rings is 1. The molecule has 1 saturated heterocycles. The molecule has 10 nitrogen and oxygen atoms in total. The van der Waals surface area contributed by atoms with E-state index in [-0.39, 0.29) is 30.0 Å². The zero-order valence-electron chi connectivity index (χ0n) is 18.2. The summed E-state index contributed by atoms with van der Waals surface area (Å²) in [5.74, 6) is -0.628. The molecule has 3 amide bonds. The van der Waals surface area contributed by atoms with Gasteiger partial charge in [-0.2, -0.15) is 0 Å². The third-order valence-electron chi connectivity index (χ3n) is 6.40. The molecule has 2 aliphatic rings. The van der Waals surface area contributed by atoms with Crippen LogP contribution in [-0.4, -0.2) is 55.6 Å². The molecule has 1 atom stereocenters. The summed E-state index contributed by atoms with van der Waals surface area (Å²) in [5, 5.41) is 7.09. The number of nitrogens with zero attached hydrogens (tertiary/aromatic N) is 5. The van der Waals surface area contributed by atoms with E-state index in [1.165, 1.54) is 14.0 Å². The first-order valence-electron chi connectivity index (χ1n) is 10.9. The van der Waals surface area contributed by atoms with E-state index in [4.69, 9.17) is 0 Å². The Kier molecular flexibility index (Phi) is 4.99. The second-order valence-corrected chi connectivity index (χ2v) is 8.49. The van der Waals surface area contributed by atoms with Crippen LogP contribution in [0, 0.1) is 0 Å². The van der Waals surface area contributed by atoms with Gasteiger partial charge in [0.2, 0.25) is 11.8 Å². The molecule has 170 valence electrons. The molecular weight excluding hydrogens is 424 g/mol. The molecule has 0 spiro atoms. The summed E-state index contributed by atoms with van der Waals surface area (Å²) >= 11 is 0. The quantitative estimate of drug-likeness (QED) is 0.566. The number of aromatic nitrogens is 3. The minimum atomic E-state index is -0.871. The molecule has 4 heterocycles. The van der Waals surface area contributed by atoms with E-state index in [9.17, 15) is 19.2 Å². The minimum absolute atomic E-state index is 0.0549. The van der Waals surface area contributed by atoms with Crippen LogP contribution in [-0.2, 0) is 16.1 Å². The Morgan fingerprint density at radius 1 is 1.12 bits per heavy atom. The van der Waals surface area contributed by atoms with Crippen molar-refractivity contribution in [2.24, 2.45) is 0 Å². The van der Waals surface area contributed by atoms with Gasteiger partial charge >= 0.3 is 5.69 Å². The van der Waals surface area contributed by atoms with E-state index >= 15 is 0 Å². The molecule has 0 saturated carbocycles. The van der Waals surface area contributed by atoms with Crippen molar-refractivity contribution in [3.63, 3.8) is 0 Å². The number of carbonyl (C=O) groups is 3. The monoisotopic (exact) mass is 448 g/mol. The van der Waals surface area contributed by atoms with Crippen LogP contribution in [0.25, 0.3) is 5.65 Å². The molecular formula is C23H24N6O4. The molecule has 1 fully saturated rings. The molecule has 0 radical (unpaired) electrons. The van der Waals surface area contributed by atoms with E-state index in [1.807, 2.05) is 13.0 Å². The fraction of sp³-hybridized carbons (Fsp3) is 0.348. The third-order valence-corrected chi connectivity index (χ3v) is 6.40. The van der Waals surface area contributed by atoms with Gasteiger partial charge in [-0.25, -0.2) is 9.48 Å². The molecule has 1 N–H and O–H groups in total. The van der Waals surface area contributed by atoms with Crippen LogP contribution in [0.3, 0.4) is 0 Å². The van der Waals surface area contributed by atoms with Crippen molar-refractivity contribution in [1.82, 2.24) is 24.4 Å². The van der Waals surface area contributed by atoms with Gasteiger partial charge in [-0.3, -0.25) is 23.7 Å². The maximum Gasteiger partial charge on any atom is 0.350 e. The summed E-state index contributed by atoms with van der Waals surface area (Å²) in [5.41, 5.74) is 0.489. The molecule has 3 aromatic rings. The molecule has 1 unspecified atom stereocenters. The standard InChI is InChI=1S/C23H24N6O4/c1-23-11-10-20(31)29(23)17-8-3-2-7-16(17)21(32)27(23)15-19(30)24-12-6-14-28-22(33)26-13-5-4-9-18(26)25-28/h2-5,7-9,13H,6,10-12,14-15H2,1H3,(H,24,30). The molecule has 2 aliphatic heterocycles. The lowest BCUT2D eigenvalue weighted by Crippen LogP contribution is -2.63. The number of fused-ring (bicyclic) bond motifs is 4. The molecule has 2 aromatic heterocycles. The molecule has 0 bridgehead atoms. The number of nitrogens with one attached hydrogen (secondary N) is 1. The number of benzene rings is 1. The van der Waals surface area contributed by atoms with Gasteiger partial charge in [0.1, 0.15) is 12.2 Å². The Morgan fingerprint density at radius 2 is 1.91 bits per heavy atom. The SMILES string of the molecule is CC12CCC(=O)N1c1ccccc1C(=O)N2CC(=O)NCCCn1nc2ccccn2c1=O. The Balaban J connectivity index is 1.24. The number of rotatable bonds is 6. The van der Waals surface area contributed by atoms with Gasteiger partial charge in [-0.05, 0) is 44.0 Å². The average molecular weight is 448 g/mol. The smallest absolute Gasteiger partial charge is 0.350 e. The zero-order valence-corrected chi connectivity index (χ0v) is 18.2. The van der Waals surface area contributed by atoms with E-state index in [0.29, 0.717) is 49.2 Å². The fourth-order valence-corrected chi connectivity index (χ4v) is 4.71. The normalized spacial score (nSPS) is 19.7. The Morgan fingerprint density at radius 3 is 2.73 bits per heavy atom. The van der Waals surface area contributed by atoms with Gasteiger partial charge in [0.05, 0.1) is 11.3 Å².